The van der Waals surface area contributed by atoms with Crippen molar-refractivity contribution in [2.24, 2.45) is 0 Å². The Bertz CT molecular complexity index is 1060. The van der Waals surface area contributed by atoms with Crippen molar-refractivity contribution in [3.8, 4) is 5.69 Å². The van der Waals surface area contributed by atoms with Gasteiger partial charge in [-0.1, -0.05) is 0 Å². The van der Waals surface area contributed by atoms with Gasteiger partial charge in [-0.3, -0.25) is 9.89 Å². The SMILES string of the molecule is Cc1cc(C)n(-c2ccc(C(=O)Nc3ccc4[nH]ncc4c3)cc2)n1. The van der Waals surface area contributed by atoms with Gasteiger partial charge in [0.2, 0.25) is 0 Å². The Labute approximate surface area is 144 Å². The number of aromatic nitrogens is 4. The third kappa shape index (κ3) is 2.89. The molecule has 0 unspecified atom stereocenters. The van der Waals surface area contributed by atoms with Crippen molar-refractivity contribution in [1.29, 1.82) is 0 Å². The summed E-state index contributed by atoms with van der Waals surface area (Å²) in [6, 6.07) is 15.1. The summed E-state index contributed by atoms with van der Waals surface area (Å²) >= 11 is 0. The average Bonchev–Trinajstić information content (AvgIpc) is 3.20. The van der Waals surface area contributed by atoms with E-state index in [-0.39, 0.29) is 5.91 Å². The lowest BCUT2D eigenvalue weighted by Gasteiger charge is -2.08. The number of hydrogen-bond acceptors (Lipinski definition) is 3. The van der Waals surface area contributed by atoms with E-state index in [0.717, 1.165) is 33.7 Å². The number of carbonyl (C=O) groups excluding carboxylic acids is 1. The second-order valence-corrected chi connectivity index (χ2v) is 6.01. The molecule has 0 spiro atoms. The average molecular weight is 331 g/mol. The van der Waals surface area contributed by atoms with E-state index >= 15 is 0 Å². The van der Waals surface area contributed by atoms with Gasteiger partial charge in [0, 0.05) is 22.3 Å². The first-order valence-electron chi connectivity index (χ1n) is 7.98. The van der Waals surface area contributed by atoms with E-state index in [0.29, 0.717) is 5.56 Å². The first kappa shape index (κ1) is 15.1. The third-order valence-electron chi connectivity index (χ3n) is 4.08. The summed E-state index contributed by atoms with van der Waals surface area (Å²) in [7, 11) is 0. The second kappa shape index (κ2) is 5.90. The van der Waals surface area contributed by atoms with Crippen LogP contribution < -0.4 is 5.32 Å². The van der Waals surface area contributed by atoms with Crippen LogP contribution in [-0.4, -0.2) is 25.9 Å². The minimum atomic E-state index is -0.150. The third-order valence-corrected chi connectivity index (χ3v) is 4.08. The number of carbonyl (C=O) groups is 1. The molecule has 4 rings (SSSR count). The summed E-state index contributed by atoms with van der Waals surface area (Å²) in [5.41, 5.74) is 5.23. The predicted octanol–water partition coefficient (Wildman–Crippen LogP) is 3.62. The topological polar surface area (TPSA) is 75.6 Å². The number of amides is 1. The minimum absolute atomic E-state index is 0.150. The van der Waals surface area contributed by atoms with Crippen molar-refractivity contribution < 1.29 is 4.79 Å². The molecule has 25 heavy (non-hydrogen) atoms. The molecule has 124 valence electrons. The summed E-state index contributed by atoms with van der Waals surface area (Å²) in [4.78, 5) is 12.5. The van der Waals surface area contributed by atoms with Gasteiger partial charge in [0.15, 0.2) is 0 Å². The zero-order valence-electron chi connectivity index (χ0n) is 13.9. The molecule has 0 radical (unpaired) electrons. The van der Waals surface area contributed by atoms with Crippen LogP contribution >= 0.6 is 0 Å². The normalized spacial score (nSPS) is 11.0. The number of aromatic amines is 1. The molecule has 0 saturated carbocycles. The van der Waals surface area contributed by atoms with Crippen molar-refractivity contribution in [2.45, 2.75) is 13.8 Å². The van der Waals surface area contributed by atoms with Crippen LogP contribution in [0.15, 0.2) is 54.7 Å². The van der Waals surface area contributed by atoms with Crippen LogP contribution in [0.25, 0.3) is 16.6 Å². The summed E-state index contributed by atoms with van der Waals surface area (Å²) in [5.74, 6) is -0.150. The second-order valence-electron chi connectivity index (χ2n) is 6.01. The predicted molar refractivity (Wildman–Crippen MR) is 97.1 cm³/mol. The standard InChI is InChI=1S/C19H17N5O/c1-12-9-13(2)24(23-12)17-6-3-14(4-7-17)19(25)21-16-5-8-18-15(10-16)11-20-22-18/h3-11H,1-2H3,(H,20,22)(H,21,25). The van der Waals surface area contributed by atoms with Crippen molar-refractivity contribution >= 4 is 22.5 Å². The van der Waals surface area contributed by atoms with E-state index in [1.165, 1.54) is 0 Å². The Morgan fingerprint density at radius 3 is 2.60 bits per heavy atom. The molecule has 2 aromatic heterocycles. The fourth-order valence-electron chi connectivity index (χ4n) is 2.87. The quantitative estimate of drug-likeness (QED) is 0.602. The fraction of sp³-hybridized carbons (Fsp3) is 0.105. The lowest BCUT2D eigenvalue weighted by Crippen LogP contribution is -2.12. The molecule has 1 amide bonds. The van der Waals surface area contributed by atoms with E-state index in [1.807, 2.05) is 54.9 Å². The zero-order valence-corrected chi connectivity index (χ0v) is 13.9. The lowest BCUT2D eigenvalue weighted by atomic mass is 10.1. The van der Waals surface area contributed by atoms with Crippen molar-refractivity contribution in [2.75, 3.05) is 5.32 Å². The highest BCUT2D eigenvalue weighted by molar-refractivity contribution is 6.05. The van der Waals surface area contributed by atoms with Gasteiger partial charge in [0.05, 0.1) is 23.1 Å². The highest BCUT2D eigenvalue weighted by atomic mass is 16.1. The van der Waals surface area contributed by atoms with Gasteiger partial charge >= 0.3 is 0 Å². The van der Waals surface area contributed by atoms with E-state index < -0.39 is 0 Å². The first-order valence-corrected chi connectivity index (χ1v) is 7.98. The largest absolute Gasteiger partial charge is 0.322 e. The minimum Gasteiger partial charge on any atom is -0.322 e. The summed E-state index contributed by atoms with van der Waals surface area (Å²) in [6.07, 6.45) is 1.73. The van der Waals surface area contributed by atoms with Gasteiger partial charge in [0.25, 0.3) is 5.91 Å². The van der Waals surface area contributed by atoms with E-state index in [1.54, 1.807) is 18.3 Å². The smallest absolute Gasteiger partial charge is 0.255 e. The molecule has 6 nitrogen and oxygen atoms in total. The number of H-pyrrole nitrogens is 1. The zero-order chi connectivity index (χ0) is 17.4. The highest BCUT2D eigenvalue weighted by Gasteiger charge is 2.09. The van der Waals surface area contributed by atoms with E-state index in [2.05, 4.69) is 20.6 Å². The number of hydrogen-bond donors (Lipinski definition) is 2. The van der Waals surface area contributed by atoms with Crippen molar-refractivity contribution in [3.05, 3.63) is 71.7 Å². The molecular formula is C19H17N5O. The molecule has 2 N–H and O–H groups in total. The Kier molecular flexibility index (Phi) is 3.57. The Morgan fingerprint density at radius 1 is 1.08 bits per heavy atom. The van der Waals surface area contributed by atoms with Gasteiger partial charge < -0.3 is 5.32 Å². The molecule has 2 heterocycles. The first-order chi connectivity index (χ1) is 12.1. The van der Waals surface area contributed by atoms with Gasteiger partial charge in [-0.25, -0.2) is 4.68 Å². The molecule has 2 aromatic carbocycles. The molecule has 0 fully saturated rings. The molecule has 4 aromatic rings. The molecule has 0 bridgehead atoms. The summed E-state index contributed by atoms with van der Waals surface area (Å²) in [5, 5.41) is 15.2. The highest BCUT2D eigenvalue weighted by Crippen LogP contribution is 2.18. The number of nitrogens with one attached hydrogen (secondary N) is 2. The van der Waals surface area contributed by atoms with Crippen molar-refractivity contribution in [3.63, 3.8) is 0 Å². The van der Waals surface area contributed by atoms with E-state index in [4.69, 9.17) is 0 Å². The fourth-order valence-corrected chi connectivity index (χ4v) is 2.87. The van der Waals surface area contributed by atoms with Crippen molar-refractivity contribution in [1.82, 2.24) is 20.0 Å². The monoisotopic (exact) mass is 331 g/mol. The molecule has 0 saturated heterocycles. The molecule has 0 atom stereocenters. The molecular weight excluding hydrogens is 314 g/mol. The maximum absolute atomic E-state index is 12.5. The van der Waals surface area contributed by atoms with Crippen LogP contribution in [0.5, 0.6) is 0 Å². The summed E-state index contributed by atoms with van der Waals surface area (Å²) < 4.78 is 1.86. The molecule has 0 aliphatic rings. The van der Waals surface area contributed by atoms with E-state index in [9.17, 15) is 4.79 Å². The maximum atomic E-state index is 12.5. The van der Waals surface area contributed by atoms with Crippen LogP contribution in [0.2, 0.25) is 0 Å². The maximum Gasteiger partial charge on any atom is 0.255 e. The number of nitrogens with zero attached hydrogens (tertiary/aromatic N) is 3. The number of fused-ring (bicyclic) bond motifs is 1. The van der Waals surface area contributed by atoms with Gasteiger partial charge in [-0.2, -0.15) is 10.2 Å². The van der Waals surface area contributed by atoms with Crippen LogP contribution in [0.4, 0.5) is 5.69 Å². The number of rotatable bonds is 3. The Balaban J connectivity index is 1.55. The number of aryl methyl sites for hydroxylation is 2. The van der Waals surface area contributed by atoms with Crippen LogP contribution in [0, 0.1) is 13.8 Å². The molecule has 0 aliphatic heterocycles. The van der Waals surface area contributed by atoms with Gasteiger partial charge in [-0.15, -0.1) is 0 Å². The Morgan fingerprint density at radius 2 is 1.88 bits per heavy atom. The van der Waals surface area contributed by atoms with Crippen LogP contribution in [0.1, 0.15) is 21.7 Å². The molecule has 0 aliphatic carbocycles. The number of benzene rings is 2. The van der Waals surface area contributed by atoms with Crippen LogP contribution in [0.3, 0.4) is 0 Å². The summed E-state index contributed by atoms with van der Waals surface area (Å²) in [6.45, 7) is 3.97. The van der Waals surface area contributed by atoms with Crippen LogP contribution in [-0.2, 0) is 0 Å². The van der Waals surface area contributed by atoms with Gasteiger partial charge in [0.1, 0.15) is 0 Å². The number of anilines is 1. The van der Waals surface area contributed by atoms with Gasteiger partial charge in [-0.05, 0) is 62.4 Å². The Hall–Kier alpha value is -3.41. The molecule has 6 heteroatoms. The lowest BCUT2D eigenvalue weighted by molar-refractivity contribution is 0.102.